The van der Waals surface area contributed by atoms with Gasteiger partial charge in [-0.1, -0.05) is 15.9 Å². The van der Waals surface area contributed by atoms with E-state index >= 15 is 0 Å². The van der Waals surface area contributed by atoms with Crippen LogP contribution in [0.1, 0.15) is 76.9 Å². The van der Waals surface area contributed by atoms with Crippen LogP contribution in [0.4, 0.5) is 0 Å². The van der Waals surface area contributed by atoms with Crippen molar-refractivity contribution in [1.29, 1.82) is 0 Å². The summed E-state index contributed by atoms with van der Waals surface area (Å²) in [5.41, 5.74) is 3.99. The summed E-state index contributed by atoms with van der Waals surface area (Å²) in [4.78, 5) is 67.5. The standard InChI is InChI=1S/C14H17NO4.C10H11NO2.C9H9NO2.C5H9BrO2.CH2O3.BrH.2K.H/c1-14(2,13(17)18-3)19-10-4-5-11-9(8-10)6-7-15-12(11)16;1-13-8-2-3-9-7(6-8)4-5-11-10(9)12;11-7-1-2-8-6(5-7)3-4-10-9(8)12;1-5(2,6)4(7)8-3;2-1-4-3;;;;/h4-5,8H,6-7H2,1-3H3,(H,15,16);2-3,6H,4-5H2,1H3,(H,11,12);1-2,5,11H,3-4H2,(H,10,12);1-3H3;1,3H;1H;;;/q;;;;;;2*+1;-1/p-1. The van der Waals surface area contributed by atoms with Crippen molar-refractivity contribution in [2.75, 3.05) is 41.0 Å². The third-order valence-corrected chi connectivity index (χ3v) is 8.34. The Bertz CT molecular complexity index is 1880. The largest absolute Gasteiger partial charge is 1.00 e. The summed E-state index contributed by atoms with van der Waals surface area (Å²) in [5, 5.41) is 25.9. The minimum absolute atomic E-state index is 0. The van der Waals surface area contributed by atoms with E-state index in [2.05, 4.69) is 46.2 Å². The molecule has 0 unspecified atom stereocenters. The number of methoxy groups -OCH3 is 3. The van der Waals surface area contributed by atoms with Gasteiger partial charge in [-0.25, -0.2) is 4.79 Å². The van der Waals surface area contributed by atoms with Crippen LogP contribution in [0.5, 0.6) is 17.2 Å². The van der Waals surface area contributed by atoms with Crippen LogP contribution in [0, 0.1) is 0 Å². The molecular weight excluding hydrogens is 956 g/mol. The predicted octanol–water partition coefficient (Wildman–Crippen LogP) is -2.57. The minimum Gasteiger partial charge on any atom is -1.00 e. The van der Waals surface area contributed by atoms with Crippen LogP contribution < -0.4 is 133 Å². The number of hydrogen-bond donors (Lipinski definition) is 4. The number of benzene rings is 3. The number of phenolic OH excluding ortho intramolecular Hbond substituents is 1. The fourth-order valence-electron chi connectivity index (χ4n) is 5.24. The number of halogens is 2. The topological polar surface area (TPSA) is 228 Å². The molecule has 0 aromatic heterocycles. The summed E-state index contributed by atoms with van der Waals surface area (Å²) >= 11 is 3.13. The molecule has 0 bridgehead atoms. The number of alkyl halides is 1. The van der Waals surface area contributed by atoms with Crippen molar-refractivity contribution in [3.63, 3.8) is 0 Å². The van der Waals surface area contributed by atoms with Gasteiger partial charge in [0.25, 0.3) is 24.2 Å². The molecule has 0 atom stereocenters. The molecular formula is C39H49Br2K2N3O13. The van der Waals surface area contributed by atoms with Crippen molar-refractivity contribution in [1.82, 2.24) is 16.0 Å². The third-order valence-electron chi connectivity index (χ3n) is 8.01. The van der Waals surface area contributed by atoms with Gasteiger partial charge in [0.15, 0.2) is 5.60 Å². The van der Waals surface area contributed by atoms with Crippen LogP contribution in [-0.4, -0.2) is 92.1 Å². The summed E-state index contributed by atoms with van der Waals surface area (Å²) in [6.45, 7) is 8.58. The third kappa shape index (κ3) is 19.8. The molecule has 0 fully saturated rings. The van der Waals surface area contributed by atoms with Crippen LogP contribution in [0.3, 0.4) is 0 Å². The number of aromatic hydroxyl groups is 1. The molecule has 20 heteroatoms. The Morgan fingerprint density at radius 1 is 0.712 bits per heavy atom. The number of nitrogens with one attached hydrogen (secondary N) is 3. The van der Waals surface area contributed by atoms with E-state index in [0.717, 1.165) is 53.8 Å². The molecule has 314 valence electrons. The second-order valence-corrected chi connectivity index (χ2v) is 14.9. The number of carbonyl (C=O) groups is 6. The average molecular weight is 1010 g/mol. The maximum atomic E-state index is 11.6. The predicted molar refractivity (Wildman–Crippen MR) is 216 cm³/mol. The zero-order chi connectivity index (χ0) is 42.1. The van der Waals surface area contributed by atoms with E-state index in [4.69, 9.17) is 24.6 Å². The zero-order valence-electron chi connectivity index (χ0n) is 35.6. The Labute approximate surface area is 449 Å². The van der Waals surface area contributed by atoms with Gasteiger partial charge >= 0.3 is 115 Å². The van der Waals surface area contributed by atoms with Gasteiger partial charge in [0.1, 0.15) is 21.6 Å². The van der Waals surface area contributed by atoms with E-state index in [-0.39, 0.29) is 157 Å². The first kappa shape index (κ1) is 59.2. The molecule has 0 spiro atoms. The van der Waals surface area contributed by atoms with Crippen LogP contribution in [0.25, 0.3) is 0 Å². The summed E-state index contributed by atoms with van der Waals surface area (Å²) in [7, 11) is 4.32. The number of rotatable bonds is 6. The summed E-state index contributed by atoms with van der Waals surface area (Å²) < 4.78 is 19.3. The molecule has 6 rings (SSSR count). The summed E-state index contributed by atoms with van der Waals surface area (Å²) in [6, 6.07) is 15.6. The molecule has 4 N–H and O–H groups in total. The van der Waals surface area contributed by atoms with Crippen LogP contribution in [0.2, 0.25) is 0 Å². The number of ether oxygens (including phenoxy) is 4. The number of hydrogen-bond acceptors (Lipinski definition) is 13. The van der Waals surface area contributed by atoms with Crippen molar-refractivity contribution >= 4 is 69.0 Å². The van der Waals surface area contributed by atoms with Crippen molar-refractivity contribution in [2.24, 2.45) is 0 Å². The molecule has 3 aliphatic rings. The Kier molecular flexibility index (Phi) is 29.5. The summed E-state index contributed by atoms with van der Waals surface area (Å²) in [5.74, 6) is 0.807. The van der Waals surface area contributed by atoms with E-state index in [1.54, 1.807) is 65.1 Å². The van der Waals surface area contributed by atoms with Crippen molar-refractivity contribution in [3.05, 3.63) is 88.0 Å². The van der Waals surface area contributed by atoms with E-state index in [9.17, 15) is 24.0 Å². The zero-order valence-corrected chi connectivity index (χ0v) is 44.2. The minimum atomic E-state index is -1.06. The molecule has 0 saturated carbocycles. The van der Waals surface area contributed by atoms with Gasteiger partial charge in [-0.3, -0.25) is 24.0 Å². The maximum absolute atomic E-state index is 11.6. The smallest absolute Gasteiger partial charge is 1.00 e. The van der Waals surface area contributed by atoms with Gasteiger partial charge in [-0.15, -0.1) is 17.0 Å². The first-order chi connectivity index (χ1) is 26.4. The number of phenols is 1. The number of fused-ring (bicyclic) bond motifs is 3. The second-order valence-electron chi connectivity index (χ2n) is 13.0. The molecule has 3 aromatic carbocycles. The Balaban J connectivity index is -0.000000709. The van der Waals surface area contributed by atoms with E-state index < -0.39 is 15.9 Å². The molecule has 0 radical (unpaired) electrons. The Morgan fingerprint density at radius 3 is 1.44 bits per heavy atom. The van der Waals surface area contributed by atoms with E-state index in [1.807, 2.05) is 18.2 Å². The number of esters is 2. The first-order valence-electron chi connectivity index (χ1n) is 17.2. The molecule has 3 aliphatic heterocycles. The molecule has 0 saturated heterocycles. The SMILES string of the molecule is Br.COC(=O)C(C)(C)Br.COC(=O)C(C)(C)Oc1ccc2c(c1)CCNC2=O.COc1ccc2c(c1)CCNC2=O.O=C1NCCc2cc(O)ccc21.O=CO[O-].[H-].[K+].[K+]. The molecule has 3 amide bonds. The molecule has 16 nitrogen and oxygen atoms in total. The van der Waals surface area contributed by atoms with Gasteiger partial charge in [0, 0.05) is 36.3 Å². The average Bonchev–Trinajstić information content (AvgIpc) is 3.17. The first-order valence-corrected chi connectivity index (χ1v) is 17.9. The van der Waals surface area contributed by atoms with Gasteiger partial charge in [-0.2, -0.15) is 0 Å². The van der Waals surface area contributed by atoms with Gasteiger partial charge in [0.2, 0.25) is 0 Å². The monoisotopic (exact) mass is 1000 g/mol. The summed E-state index contributed by atoms with van der Waals surface area (Å²) in [6.07, 6.45) is 2.45. The van der Waals surface area contributed by atoms with E-state index in [0.29, 0.717) is 30.0 Å². The second kappa shape index (κ2) is 29.4. The van der Waals surface area contributed by atoms with Crippen molar-refractivity contribution < 1.29 is 167 Å². The van der Waals surface area contributed by atoms with Gasteiger partial charge < -0.3 is 51.6 Å². The van der Waals surface area contributed by atoms with E-state index in [1.165, 1.54) is 20.3 Å². The Morgan fingerprint density at radius 2 is 1.08 bits per heavy atom. The molecule has 59 heavy (non-hydrogen) atoms. The fraction of sp³-hybridized carbons (Fsp3) is 0.385. The van der Waals surface area contributed by atoms with Crippen molar-refractivity contribution in [2.45, 2.75) is 56.9 Å². The molecule has 3 aromatic rings. The molecule has 3 heterocycles. The van der Waals surface area contributed by atoms with Crippen molar-refractivity contribution in [3.8, 4) is 17.2 Å². The maximum Gasteiger partial charge on any atom is 1.00 e. The molecule has 0 aliphatic carbocycles. The van der Waals surface area contributed by atoms with Crippen LogP contribution in [-0.2, 0) is 48.0 Å². The van der Waals surface area contributed by atoms with Crippen LogP contribution >= 0.6 is 32.9 Å². The normalized spacial score (nSPS) is 12.8. The number of carbonyl (C=O) groups excluding carboxylic acids is 6. The van der Waals surface area contributed by atoms with Gasteiger partial charge in [0.05, 0.1) is 21.3 Å². The Hall–Kier alpha value is -1.93. The van der Waals surface area contributed by atoms with Crippen LogP contribution in [0.15, 0.2) is 54.6 Å². The van der Waals surface area contributed by atoms with Gasteiger partial charge in [-0.05, 0) is 118 Å². The quantitative estimate of drug-likeness (QED) is 0.0498. The number of amides is 3. The fourth-order valence-corrected chi connectivity index (χ4v) is 5.40.